The van der Waals surface area contributed by atoms with E-state index in [4.69, 9.17) is 9.26 Å². The molecule has 1 N–H and O–H groups in total. The van der Waals surface area contributed by atoms with Crippen LogP contribution in [0.4, 0.5) is 0 Å². The summed E-state index contributed by atoms with van der Waals surface area (Å²) >= 11 is 0. The summed E-state index contributed by atoms with van der Waals surface area (Å²) in [5.74, 6) is 1.60. The molecule has 0 radical (unpaired) electrons. The SMILES string of the molecule is CC(C)COC(C)c1noc(CN(C)C(=O)C2CCNC2)n1.Cl. The fourth-order valence-electron chi connectivity index (χ4n) is 2.37. The van der Waals surface area contributed by atoms with Crippen LogP contribution >= 0.6 is 12.4 Å². The van der Waals surface area contributed by atoms with E-state index in [2.05, 4.69) is 29.3 Å². The maximum Gasteiger partial charge on any atom is 0.246 e. The van der Waals surface area contributed by atoms with Crippen LogP contribution in [0, 0.1) is 11.8 Å². The van der Waals surface area contributed by atoms with Gasteiger partial charge in [0.25, 0.3) is 0 Å². The Morgan fingerprint density at radius 3 is 2.83 bits per heavy atom. The maximum absolute atomic E-state index is 12.2. The summed E-state index contributed by atoms with van der Waals surface area (Å²) in [5.41, 5.74) is 0. The highest BCUT2D eigenvalue weighted by atomic mass is 35.5. The van der Waals surface area contributed by atoms with Crippen molar-refractivity contribution in [2.45, 2.75) is 39.8 Å². The maximum atomic E-state index is 12.2. The van der Waals surface area contributed by atoms with Crippen molar-refractivity contribution in [3.05, 3.63) is 11.7 Å². The van der Waals surface area contributed by atoms with Crippen molar-refractivity contribution >= 4 is 18.3 Å². The zero-order chi connectivity index (χ0) is 16.1. The lowest BCUT2D eigenvalue weighted by Gasteiger charge is -2.18. The number of carbonyl (C=O) groups is 1. The van der Waals surface area contributed by atoms with Gasteiger partial charge in [0.2, 0.25) is 11.8 Å². The van der Waals surface area contributed by atoms with Gasteiger partial charge in [-0.15, -0.1) is 12.4 Å². The van der Waals surface area contributed by atoms with Crippen molar-refractivity contribution in [1.29, 1.82) is 0 Å². The van der Waals surface area contributed by atoms with Crippen molar-refractivity contribution in [3.63, 3.8) is 0 Å². The Hall–Kier alpha value is -1.18. The number of nitrogens with one attached hydrogen (secondary N) is 1. The van der Waals surface area contributed by atoms with Crippen LogP contribution in [0.5, 0.6) is 0 Å². The molecule has 2 atom stereocenters. The van der Waals surface area contributed by atoms with Crippen molar-refractivity contribution in [1.82, 2.24) is 20.4 Å². The zero-order valence-corrected chi connectivity index (χ0v) is 15.1. The lowest BCUT2D eigenvalue weighted by Crippen LogP contribution is -2.33. The molecular formula is C15H27ClN4O3. The van der Waals surface area contributed by atoms with Crippen LogP contribution in [0.2, 0.25) is 0 Å². The van der Waals surface area contributed by atoms with Crippen molar-refractivity contribution in [2.24, 2.45) is 11.8 Å². The number of carbonyl (C=O) groups excluding carboxylic acids is 1. The predicted octanol–water partition coefficient (Wildman–Crippen LogP) is 1.79. The van der Waals surface area contributed by atoms with Gasteiger partial charge in [0.05, 0.1) is 12.5 Å². The van der Waals surface area contributed by atoms with E-state index in [1.54, 1.807) is 11.9 Å². The fourth-order valence-corrected chi connectivity index (χ4v) is 2.37. The second-order valence-electron chi connectivity index (χ2n) is 6.30. The minimum absolute atomic E-state index is 0. The number of hydrogen-bond donors (Lipinski definition) is 1. The number of aromatic nitrogens is 2. The van der Waals surface area contributed by atoms with Gasteiger partial charge in [-0.1, -0.05) is 19.0 Å². The Morgan fingerprint density at radius 1 is 1.48 bits per heavy atom. The Labute approximate surface area is 143 Å². The van der Waals surface area contributed by atoms with Crippen LogP contribution in [0.3, 0.4) is 0 Å². The van der Waals surface area contributed by atoms with Crippen molar-refractivity contribution < 1.29 is 14.1 Å². The molecule has 2 unspecified atom stereocenters. The smallest absolute Gasteiger partial charge is 0.246 e. The molecule has 1 amide bonds. The Kier molecular flexibility index (Phi) is 7.94. The van der Waals surface area contributed by atoms with Gasteiger partial charge in [0, 0.05) is 20.2 Å². The lowest BCUT2D eigenvalue weighted by atomic mass is 10.1. The molecule has 132 valence electrons. The molecule has 1 aromatic heterocycles. The molecule has 0 aliphatic carbocycles. The summed E-state index contributed by atoms with van der Waals surface area (Å²) in [6, 6.07) is 0. The van der Waals surface area contributed by atoms with E-state index in [0.29, 0.717) is 30.8 Å². The average Bonchev–Trinajstić information content (AvgIpc) is 3.15. The van der Waals surface area contributed by atoms with Crippen molar-refractivity contribution in [2.75, 3.05) is 26.7 Å². The standard InChI is InChI=1S/C15H26N4O3.ClH/c1-10(2)9-21-11(3)14-17-13(22-18-14)8-19(4)15(20)12-5-6-16-7-12;/h10-12,16H,5-9H2,1-4H3;1H. The minimum Gasteiger partial charge on any atom is -0.370 e. The Morgan fingerprint density at radius 2 is 2.22 bits per heavy atom. The van der Waals surface area contributed by atoms with Gasteiger partial charge in [-0.05, 0) is 25.8 Å². The van der Waals surface area contributed by atoms with E-state index in [0.717, 1.165) is 19.5 Å². The number of halogens is 1. The van der Waals surface area contributed by atoms with Gasteiger partial charge >= 0.3 is 0 Å². The number of hydrogen-bond acceptors (Lipinski definition) is 6. The first-order valence-corrected chi connectivity index (χ1v) is 7.87. The summed E-state index contributed by atoms with van der Waals surface area (Å²) in [7, 11) is 1.77. The molecule has 1 fully saturated rings. The monoisotopic (exact) mass is 346 g/mol. The van der Waals surface area contributed by atoms with Crippen LogP contribution < -0.4 is 5.32 Å². The van der Waals surface area contributed by atoms with E-state index in [1.807, 2.05) is 6.92 Å². The van der Waals surface area contributed by atoms with Crippen LogP contribution in [-0.2, 0) is 16.1 Å². The molecular weight excluding hydrogens is 320 g/mol. The molecule has 23 heavy (non-hydrogen) atoms. The van der Waals surface area contributed by atoms with Crippen LogP contribution in [0.15, 0.2) is 4.52 Å². The van der Waals surface area contributed by atoms with Gasteiger partial charge in [0.15, 0.2) is 5.82 Å². The molecule has 0 aromatic carbocycles. The largest absolute Gasteiger partial charge is 0.370 e. The molecule has 1 aromatic rings. The summed E-state index contributed by atoms with van der Waals surface area (Å²) in [5, 5.41) is 7.14. The first-order valence-electron chi connectivity index (χ1n) is 7.87. The second kappa shape index (κ2) is 9.20. The van der Waals surface area contributed by atoms with Gasteiger partial charge in [-0.2, -0.15) is 4.98 Å². The molecule has 2 heterocycles. The summed E-state index contributed by atoms with van der Waals surface area (Å²) < 4.78 is 10.9. The average molecular weight is 347 g/mol. The summed E-state index contributed by atoms with van der Waals surface area (Å²) in [4.78, 5) is 18.2. The third-order valence-electron chi connectivity index (χ3n) is 3.69. The Balaban J connectivity index is 0.00000264. The predicted molar refractivity (Wildman–Crippen MR) is 88.2 cm³/mol. The Bertz CT molecular complexity index is 489. The zero-order valence-electron chi connectivity index (χ0n) is 14.2. The van der Waals surface area contributed by atoms with Crippen LogP contribution in [-0.4, -0.2) is 47.7 Å². The van der Waals surface area contributed by atoms with E-state index in [-0.39, 0.29) is 30.3 Å². The number of amides is 1. The molecule has 1 aliphatic heterocycles. The van der Waals surface area contributed by atoms with Gasteiger partial charge in [-0.3, -0.25) is 4.79 Å². The number of ether oxygens (including phenoxy) is 1. The molecule has 0 spiro atoms. The van der Waals surface area contributed by atoms with E-state index in [1.165, 1.54) is 0 Å². The molecule has 1 saturated heterocycles. The highest BCUT2D eigenvalue weighted by Crippen LogP contribution is 2.16. The van der Waals surface area contributed by atoms with Gasteiger partial charge in [-0.25, -0.2) is 0 Å². The summed E-state index contributed by atoms with van der Waals surface area (Å²) in [6.45, 7) is 8.71. The normalized spacial score (nSPS) is 18.7. The highest BCUT2D eigenvalue weighted by Gasteiger charge is 2.26. The van der Waals surface area contributed by atoms with Crippen LogP contribution in [0.25, 0.3) is 0 Å². The van der Waals surface area contributed by atoms with Crippen molar-refractivity contribution in [3.8, 4) is 0 Å². The van der Waals surface area contributed by atoms with E-state index in [9.17, 15) is 4.79 Å². The quantitative estimate of drug-likeness (QED) is 0.810. The topological polar surface area (TPSA) is 80.5 Å². The molecule has 0 bridgehead atoms. The molecule has 2 rings (SSSR count). The fraction of sp³-hybridized carbons (Fsp3) is 0.800. The second-order valence-corrected chi connectivity index (χ2v) is 6.30. The molecule has 0 saturated carbocycles. The summed E-state index contributed by atoms with van der Waals surface area (Å²) in [6.07, 6.45) is 0.679. The van der Waals surface area contributed by atoms with Gasteiger partial charge in [0.1, 0.15) is 6.10 Å². The van der Waals surface area contributed by atoms with Gasteiger partial charge < -0.3 is 19.5 Å². The third kappa shape index (κ3) is 5.75. The highest BCUT2D eigenvalue weighted by molar-refractivity contribution is 5.85. The molecule has 7 nitrogen and oxygen atoms in total. The lowest BCUT2D eigenvalue weighted by molar-refractivity contribution is -0.134. The minimum atomic E-state index is -0.208. The number of rotatable bonds is 7. The van der Waals surface area contributed by atoms with E-state index < -0.39 is 0 Å². The first-order chi connectivity index (χ1) is 10.5. The number of nitrogens with zero attached hydrogens (tertiary/aromatic N) is 3. The van der Waals surface area contributed by atoms with E-state index >= 15 is 0 Å². The third-order valence-corrected chi connectivity index (χ3v) is 3.69. The molecule has 1 aliphatic rings. The van der Waals surface area contributed by atoms with Crippen LogP contribution in [0.1, 0.15) is 45.0 Å². The first kappa shape index (κ1) is 19.9. The molecule has 8 heteroatoms.